The molecule has 112 valence electrons. The van der Waals surface area contributed by atoms with Crippen LogP contribution in [0.15, 0.2) is 51.9 Å². The van der Waals surface area contributed by atoms with Crippen LogP contribution in [0.3, 0.4) is 0 Å². The fourth-order valence-corrected chi connectivity index (χ4v) is 2.44. The molecule has 2 heterocycles. The number of carbonyl (C=O) groups is 1. The highest BCUT2D eigenvalue weighted by Crippen LogP contribution is 2.25. The van der Waals surface area contributed by atoms with Crippen molar-refractivity contribution in [2.45, 2.75) is 19.8 Å². The molecule has 0 aliphatic rings. The monoisotopic (exact) mass is 296 g/mol. The van der Waals surface area contributed by atoms with Gasteiger partial charge in [-0.1, -0.05) is 19.9 Å². The maximum absolute atomic E-state index is 12.0. The maximum Gasteiger partial charge on any atom is 0.291 e. The summed E-state index contributed by atoms with van der Waals surface area (Å²) in [6, 6.07) is 10.3. The lowest BCUT2D eigenvalue weighted by molar-refractivity contribution is 0.0996. The molecule has 5 nitrogen and oxygen atoms in total. The number of pyridine rings is 1. The molecule has 0 radical (unpaired) electrons. The van der Waals surface area contributed by atoms with Crippen LogP contribution in [0.1, 0.15) is 35.9 Å². The molecule has 1 aromatic carbocycles. The number of aromatic amines is 1. The number of H-pyrrole nitrogens is 1. The van der Waals surface area contributed by atoms with Crippen LogP contribution < -0.4 is 10.9 Å². The van der Waals surface area contributed by atoms with E-state index in [1.807, 2.05) is 26.0 Å². The second kappa shape index (κ2) is 5.52. The quantitative estimate of drug-likeness (QED) is 0.776. The Morgan fingerprint density at radius 1 is 1.23 bits per heavy atom. The molecule has 22 heavy (non-hydrogen) atoms. The highest BCUT2D eigenvalue weighted by molar-refractivity contribution is 6.03. The summed E-state index contributed by atoms with van der Waals surface area (Å²) in [7, 11) is 0. The number of aromatic nitrogens is 1. The SMILES string of the molecule is CC(C)c1cc(=O)[nH]c2cc(NC(=O)c3ccco3)ccc12. The van der Waals surface area contributed by atoms with E-state index in [2.05, 4.69) is 10.3 Å². The zero-order valence-electron chi connectivity index (χ0n) is 12.3. The predicted molar refractivity (Wildman–Crippen MR) is 85.3 cm³/mol. The lowest BCUT2D eigenvalue weighted by atomic mass is 9.99. The molecule has 0 spiro atoms. The van der Waals surface area contributed by atoms with Crippen LogP contribution in [0.2, 0.25) is 0 Å². The first-order chi connectivity index (χ1) is 10.5. The smallest absolute Gasteiger partial charge is 0.291 e. The van der Waals surface area contributed by atoms with Gasteiger partial charge >= 0.3 is 0 Å². The Morgan fingerprint density at radius 3 is 2.73 bits per heavy atom. The average Bonchev–Trinajstić information content (AvgIpc) is 3.00. The molecule has 0 bridgehead atoms. The van der Waals surface area contributed by atoms with E-state index in [1.165, 1.54) is 6.26 Å². The molecule has 0 aliphatic heterocycles. The summed E-state index contributed by atoms with van der Waals surface area (Å²) in [4.78, 5) is 26.6. The molecule has 0 fully saturated rings. The van der Waals surface area contributed by atoms with Gasteiger partial charge in [-0.25, -0.2) is 0 Å². The van der Waals surface area contributed by atoms with Gasteiger partial charge in [0, 0.05) is 17.1 Å². The Labute approximate surface area is 127 Å². The van der Waals surface area contributed by atoms with Crippen molar-refractivity contribution < 1.29 is 9.21 Å². The Balaban J connectivity index is 2.00. The van der Waals surface area contributed by atoms with E-state index in [4.69, 9.17) is 4.42 Å². The van der Waals surface area contributed by atoms with Gasteiger partial charge in [-0.05, 0) is 35.7 Å². The van der Waals surface area contributed by atoms with Crippen LogP contribution >= 0.6 is 0 Å². The highest BCUT2D eigenvalue weighted by Gasteiger charge is 2.11. The fourth-order valence-electron chi connectivity index (χ4n) is 2.44. The van der Waals surface area contributed by atoms with E-state index in [1.54, 1.807) is 24.3 Å². The van der Waals surface area contributed by atoms with E-state index >= 15 is 0 Å². The normalized spacial score (nSPS) is 11.0. The van der Waals surface area contributed by atoms with E-state index in [0.29, 0.717) is 11.2 Å². The van der Waals surface area contributed by atoms with Gasteiger partial charge in [0.05, 0.1) is 11.8 Å². The van der Waals surface area contributed by atoms with Gasteiger partial charge in [0.2, 0.25) is 5.56 Å². The molecule has 3 rings (SSSR count). The van der Waals surface area contributed by atoms with Crippen molar-refractivity contribution in [1.82, 2.24) is 4.98 Å². The zero-order chi connectivity index (χ0) is 15.7. The molecular weight excluding hydrogens is 280 g/mol. The molecule has 2 aromatic heterocycles. The lowest BCUT2D eigenvalue weighted by Crippen LogP contribution is -2.12. The van der Waals surface area contributed by atoms with Crippen molar-refractivity contribution in [3.05, 3.63) is 64.3 Å². The Bertz CT molecular complexity index is 877. The molecule has 5 heteroatoms. The third kappa shape index (κ3) is 2.65. The Kier molecular flexibility index (Phi) is 3.55. The minimum absolute atomic E-state index is 0.147. The molecule has 1 amide bonds. The Morgan fingerprint density at radius 2 is 2.05 bits per heavy atom. The number of amides is 1. The summed E-state index contributed by atoms with van der Waals surface area (Å²) in [5, 5.41) is 3.73. The summed E-state index contributed by atoms with van der Waals surface area (Å²) in [5.74, 6) is 0.157. The minimum atomic E-state index is -0.327. The van der Waals surface area contributed by atoms with Crippen LogP contribution in [0.4, 0.5) is 5.69 Å². The lowest BCUT2D eigenvalue weighted by Gasteiger charge is -2.11. The third-order valence-electron chi connectivity index (χ3n) is 3.50. The molecule has 0 atom stereocenters. The minimum Gasteiger partial charge on any atom is -0.459 e. The zero-order valence-corrected chi connectivity index (χ0v) is 12.3. The maximum atomic E-state index is 12.0. The molecular formula is C17H16N2O3. The van der Waals surface area contributed by atoms with E-state index < -0.39 is 0 Å². The van der Waals surface area contributed by atoms with Crippen LogP contribution in [0.5, 0.6) is 0 Å². The second-order valence-electron chi connectivity index (χ2n) is 5.44. The van der Waals surface area contributed by atoms with Crippen molar-refractivity contribution in [2.75, 3.05) is 5.32 Å². The van der Waals surface area contributed by atoms with Crippen molar-refractivity contribution in [2.24, 2.45) is 0 Å². The summed E-state index contributed by atoms with van der Waals surface area (Å²) in [5.41, 5.74) is 2.15. The number of benzene rings is 1. The summed E-state index contributed by atoms with van der Waals surface area (Å²) < 4.78 is 5.05. The fraction of sp³-hybridized carbons (Fsp3) is 0.176. The van der Waals surface area contributed by atoms with Crippen molar-refractivity contribution in [3.63, 3.8) is 0 Å². The summed E-state index contributed by atoms with van der Waals surface area (Å²) in [6.45, 7) is 4.08. The first-order valence-corrected chi connectivity index (χ1v) is 7.06. The van der Waals surface area contributed by atoms with Gasteiger partial charge in [0.25, 0.3) is 5.91 Å². The standard InChI is InChI=1S/C17H16N2O3/c1-10(2)13-9-16(20)19-14-8-11(5-6-12(13)14)18-17(21)15-4-3-7-22-15/h3-10H,1-2H3,(H,18,21)(H,19,20). The largest absolute Gasteiger partial charge is 0.459 e. The molecule has 0 aliphatic carbocycles. The van der Waals surface area contributed by atoms with Crippen LogP contribution in [-0.2, 0) is 0 Å². The van der Waals surface area contributed by atoms with Crippen molar-refractivity contribution in [1.29, 1.82) is 0 Å². The number of hydrogen-bond donors (Lipinski definition) is 2. The number of anilines is 1. The third-order valence-corrected chi connectivity index (χ3v) is 3.50. The average molecular weight is 296 g/mol. The van der Waals surface area contributed by atoms with Gasteiger partial charge < -0.3 is 14.7 Å². The van der Waals surface area contributed by atoms with Crippen LogP contribution in [0.25, 0.3) is 10.9 Å². The summed E-state index contributed by atoms with van der Waals surface area (Å²) >= 11 is 0. The van der Waals surface area contributed by atoms with Gasteiger partial charge in [-0.2, -0.15) is 0 Å². The number of furan rings is 1. The topological polar surface area (TPSA) is 75.1 Å². The van der Waals surface area contributed by atoms with Gasteiger partial charge in [0.15, 0.2) is 5.76 Å². The number of carbonyl (C=O) groups excluding carboxylic acids is 1. The van der Waals surface area contributed by atoms with Crippen LogP contribution in [0, 0.1) is 0 Å². The number of nitrogens with one attached hydrogen (secondary N) is 2. The van der Waals surface area contributed by atoms with Crippen molar-refractivity contribution >= 4 is 22.5 Å². The molecule has 0 unspecified atom stereocenters. The van der Waals surface area contributed by atoms with E-state index in [0.717, 1.165) is 10.9 Å². The molecule has 2 N–H and O–H groups in total. The van der Waals surface area contributed by atoms with Gasteiger partial charge in [-0.3, -0.25) is 9.59 Å². The molecule has 0 saturated heterocycles. The number of hydrogen-bond acceptors (Lipinski definition) is 3. The Hall–Kier alpha value is -2.82. The van der Waals surface area contributed by atoms with Gasteiger partial charge in [0.1, 0.15) is 0 Å². The number of fused-ring (bicyclic) bond motifs is 1. The second-order valence-corrected chi connectivity index (χ2v) is 5.44. The van der Waals surface area contributed by atoms with Gasteiger partial charge in [-0.15, -0.1) is 0 Å². The van der Waals surface area contributed by atoms with Crippen molar-refractivity contribution in [3.8, 4) is 0 Å². The molecule has 0 saturated carbocycles. The summed E-state index contributed by atoms with van der Waals surface area (Å²) in [6.07, 6.45) is 1.45. The van der Waals surface area contributed by atoms with E-state index in [9.17, 15) is 9.59 Å². The van der Waals surface area contributed by atoms with E-state index in [-0.39, 0.29) is 23.1 Å². The highest BCUT2D eigenvalue weighted by atomic mass is 16.3. The first-order valence-electron chi connectivity index (χ1n) is 7.06. The predicted octanol–water partition coefficient (Wildman–Crippen LogP) is 3.50. The van der Waals surface area contributed by atoms with Crippen LogP contribution in [-0.4, -0.2) is 10.9 Å². The first kappa shape index (κ1) is 14.1. The number of rotatable bonds is 3. The molecule has 3 aromatic rings.